The van der Waals surface area contributed by atoms with Gasteiger partial charge in [0.25, 0.3) is 0 Å². The summed E-state index contributed by atoms with van der Waals surface area (Å²) in [6, 6.07) is 8.38. The number of likely N-dealkylation sites (tertiary alicyclic amines) is 1. The summed E-state index contributed by atoms with van der Waals surface area (Å²) >= 11 is 0. The molecule has 0 aromatic heterocycles. The lowest BCUT2D eigenvalue weighted by atomic mass is 9.99. The molecule has 0 amide bonds. The Morgan fingerprint density at radius 2 is 1.71 bits per heavy atom. The Kier molecular flexibility index (Phi) is 6.22. The molecule has 1 aliphatic heterocycles. The highest BCUT2D eigenvalue weighted by molar-refractivity contribution is 5.26. The van der Waals surface area contributed by atoms with Gasteiger partial charge in [-0.25, -0.2) is 0 Å². The summed E-state index contributed by atoms with van der Waals surface area (Å²) in [5.41, 5.74) is 2.34. The number of aliphatic hydroxyl groups is 1. The molecular formula is C18H29NO2. The third-order valence-electron chi connectivity index (χ3n) is 4.36. The maximum absolute atomic E-state index is 10.4. The molecule has 0 radical (unpaired) electrons. The van der Waals surface area contributed by atoms with Crippen molar-refractivity contribution in [1.82, 2.24) is 4.90 Å². The topological polar surface area (TPSA) is 32.7 Å². The van der Waals surface area contributed by atoms with Crippen LogP contribution in [0.3, 0.4) is 0 Å². The largest absolute Gasteiger partial charge is 0.387 e. The molecule has 118 valence electrons. The number of β-amino-alcohol motifs (C(OH)–C–C–N with tert-alkyl or cyclic N) is 1. The van der Waals surface area contributed by atoms with Crippen LogP contribution in [0.1, 0.15) is 56.8 Å². The van der Waals surface area contributed by atoms with Crippen LogP contribution >= 0.6 is 0 Å². The average molecular weight is 291 g/mol. The van der Waals surface area contributed by atoms with Crippen LogP contribution in [-0.2, 0) is 4.74 Å². The highest BCUT2D eigenvalue weighted by atomic mass is 16.5. The summed E-state index contributed by atoms with van der Waals surface area (Å²) in [4.78, 5) is 2.34. The molecule has 1 aromatic carbocycles. The highest BCUT2D eigenvalue weighted by Gasteiger charge is 2.21. The van der Waals surface area contributed by atoms with Crippen molar-refractivity contribution >= 4 is 0 Å². The molecular weight excluding hydrogens is 262 g/mol. The lowest BCUT2D eigenvalue weighted by molar-refractivity contribution is 0.00328. The van der Waals surface area contributed by atoms with Crippen LogP contribution in [0.25, 0.3) is 0 Å². The molecule has 0 bridgehead atoms. The monoisotopic (exact) mass is 291 g/mol. The summed E-state index contributed by atoms with van der Waals surface area (Å²) in [6.45, 7) is 9.99. The molecule has 0 saturated carbocycles. The van der Waals surface area contributed by atoms with E-state index in [4.69, 9.17) is 4.74 Å². The van der Waals surface area contributed by atoms with E-state index in [-0.39, 0.29) is 0 Å². The molecule has 1 heterocycles. The van der Waals surface area contributed by atoms with Crippen molar-refractivity contribution in [3.05, 3.63) is 35.4 Å². The van der Waals surface area contributed by atoms with Crippen LogP contribution < -0.4 is 0 Å². The molecule has 1 aliphatic rings. The summed E-state index contributed by atoms with van der Waals surface area (Å²) in [5, 5.41) is 10.4. The summed E-state index contributed by atoms with van der Waals surface area (Å²) in [5.74, 6) is 0.536. The first kappa shape index (κ1) is 16.5. The molecule has 1 saturated heterocycles. The minimum absolute atomic E-state index is 0.394. The Balaban J connectivity index is 1.83. The minimum atomic E-state index is -0.394. The number of aliphatic hydroxyl groups excluding tert-OH is 1. The summed E-state index contributed by atoms with van der Waals surface area (Å²) in [7, 11) is 0. The molecule has 1 aromatic rings. The van der Waals surface area contributed by atoms with Crippen molar-refractivity contribution in [1.29, 1.82) is 0 Å². The number of nitrogens with zero attached hydrogens (tertiary/aromatic N) is 1. The van der Waals surface area contributed by atoms with Crippen LogP contribution in [0.15, 0.2) is 24.3 Å². The maximum Gasteiger partial charge on any atom is 0.0916 e. The van der Waals surface area contributed by atoms with Crippen molar-refractivity contribution in [2.24, 2.45) is 0 Å². The van der Waals surface area contributed by atoms with Crippen molar-refractivity contribution in [3.8, 4) is 0 Å². The van der Waals surface area contributed by atoms with Gasteiger partial charge in [-0.3, -0.25) is 0 Å². The smallest absolute Gasteiger partial charge is 0.0916 e. The van der Waals surface area contributed by atoms with E-state index < -0.39 is 6.10 Å². The highest BCUT2D eigenvalue weighted by Crippen LogP contribution is 2.21. The van der Waals surface area contributed by atoms with E-state index in [9.17, 15) is 5.11 Å². The first-order valence-corrected chi connectivity index (χ1v) is 8.22. The van der Waals surface area contributed by atoms with Crippen molar-refractivity contribution in [3.63, 3.8) is 0 Å². The zero-order chi connectivity index (χ0) is 15.2. The van der Waals surface area contributed by atoms with Gasteiger partial charge >= 0.3 is 0 Å². The second kappa shape index (κ2) is 7.92. The minimum Gasteiger partial charge on any atom is -0.387 e. The Labute approximate surface area is 128 Å². The predicted octanol–water partition coefficient (Wildman–Crippen LogP) is 3.34. The van der Waals surface area contributed by atoms with Gasteiger partial charge in [-0.2, -0.15) is 0 Å². The van der Waals surface area contributed by atoms with E-state index in [1.807, 2.05) is 0 Å². The van der Waals surface area contributed by atoms with Gasteiger partial charge in [0.05, 0.1) is 12.2 Å². The van der Waals surface area contributed by atoms with Crippen molar-refractivity contribution in [2.45, 2.75) is 51.7 Å². The number of piperidine rings is 1. The summed E-state index contributed by atoms with van der Waals surface area (Å²) in [6.07, 6.45) is 2.17. The van der Waals surface area contributed by atoms with Crippen LogP contribution in [0.4, 0.5) is 0 Å². The Morgan fingerprint density at radius 1 is 1.14 bits per heavy atom. The molecule has 3 nitrogen and oxygen atoms in total. The van der Waals surface area contributed by atoms with Crippen LogP contribution in [0.2, 0.25) is 0 Å². The average Bonchev–Trinajstić information content (AvgIpc) is 2.49. The van der Waals surface area contributed by atoms with Crippen LogP contribution in [-0.4, -0.2) is 42.4 Å². The lowest BCUT2D eigenvalue weighted by Crippen LogP contribution is -2.39. The number of benzene rings is 1. The molecule has 1 atom stereocenters. The third kappa shape index (κ3) is 4.80. The second-order valence-corrected chi connectivity index (χ2v) is 6.29. The van der Waals surface area contributed by atoms with E-state index in [1.54, 1.807) is 0 Å². The first-order chi connectivity index (χ1) is 10.1. The molecule has 0 aliphatic carbocycles. The number of ether oxygens (including phenoxy) is 1. The van der Waals surface area contributed by atoms with Gasteiger partial charge in [0.2, 0.25) is 0 Å². The zero-order valence-electron chi connectivity index (χ0n) is 13.6. The van der Waals surface area contributed by atoms with Crippen LogP contribution in [0.5, 0.6) is 0 Å². The van der Waals surface area contributed by atoms with Gasteiger partial charge in [-0.1, -0.05) is 38.1 Å². The lowest BCUT2D eigenvalue weighted by Gasteiger charge is -2.33. The molecule has 2 rings (SSSR count). The van der Waals surface area contributed by atoms with Gasteiger partial charge in [0, 0.05) is 26.2 Å². The van der Waals surface area contributed by atoms with E-state index >= 15 is 0 Å². The van der Waals surface area contributed by atoms with E-state index in [2.05, 4.69) is 49.9 Å². The second-order valence-electron chi connectivity index (χ2n) is 6.29. The Hall–Kier alpha value is -0.900. The van der Waals surface area contributed by atoms with Crippen molar-refractivity contribution < 1.29 is 9.84 Å². The van der Waals surface area contributed by atoms with E-state index in [0.717, 1.165) is 44.6 Å². The molecule has 1 fully saturated rings. The van der Waals surface area contributed by atoms with Gasteiger partial charge in [-0.05, 0) is 36.8 Å². The Bertz CT molecular complexity index is 408. The third-order valence-corrected chi connectivity index (χ3v) is 4.36. The fraction of sp³-hybridized carbons (Fsp3) is 0.667. The van der Waals surface area contributed by atoms with Gasteiger partial charge in [0.15, 0.2) is 0 Å². The SMILES string of the molecule is CCOC1CCN(CC(O)c2ccc(C(C)C)cc2)CC1. The van der Waals surface area contributed by atoms with Crippen molar-refractivity contribution in [2.75, 3.05) is 26.2 Å². The normalized spacial score (nSPS) is 19.1. The maximum atomic E-state index is 10.4. The van der Waals surface area contributed by atoms with Crippen LogP contribution in [0, 0.1) is 0 Å². The van der Waals surface area contributed by atoms with E-state index in [0.29, 0.717) is 12.0 Å². The quantitative estimate of drug-likeness (QED) is 0.872. The molecule has 1 N–H and O–H groups in total. The van der Waals surface area contributed by atoms with Gasteiger partial charge in [-0.15, -0.1) is 0 Å². The number of hydrogen-bond donors (Lipinski definition) is 1. The standard InChI is InChI=1S/C18H29NO2/c1-4-21-17-9-11-19(12-10-17)13-18(20)16-7-5-15(6-8-16)14(2)3/h5-8,14,17-18,20H,4,9-13H2,1-3H3. The van der Waals surface area contributed by atoms with Gasteiger partial charge < -0.3 is 14.7 Å². The molecule has 21 heavy (non-hydrogen) atoms. The zero-order valence-corrected chi connectivity index (χ0v) is 13.6. The molecule has 3 heteroatoms. The Morgan fingerprint density at radius 3 is 2.24 bits per heavy atom. The predicted molar refractivity (Wildman–Crippen MR) is 86.6 cm³/mol. The fourth-order valence-corrected chi connectivity index (χ4v) is 2.95. The first-order valence-electron chi connectivity index (χ1n) is 8.22. The molecule has 1 unspecified atom stereocenters. The summed E-state index contributed by atoms with van der Waals surface area (Å²) < 4.78 is 5.67. The number of hydrogen-bond acceptors (Lipinski definition) is 3. The molecule has 0 spiro atoms. The fourth-order valence-electron chi connectivity index (χ4n) is 2.95. The van der Waals surface area contributed by atoms with E-state index in [1.165, 1.54) is 5.56 Å². The number of rotatable bonds is 6. The van der Waals surface area contributed by atoms with Gasteiger partial charge in [0.1, 0.15) is 0 Å².